The van der Waals surface area contributed by atoms with Gasteiger partial charge in [-0.1, -0.05) is 78.0 Å². The Balaban J connectivity index is 0.00000191. The molecule has 0 aliphatic rings. The second kappa shape index (κ2) is 16.1. The van der Waals surface area contributed by atoms with Crippen LogP contribution >= 0.6 is 0 Å². The molecule has 0 fully saturated rings. The molecule has 0 radical (unpaired) electrons. The van der Waals surface area contributed by atoms with Gasteiger partial charge in [0.2, 0.25) is 5.91 Å². The monoisotopic (exact) mass is 573 g/mol. The number of nitrogens with one attached hydrogen (secondary N) is 3. The van der Waals surface area contributed by atoms with Crippen LogP contribution in [0.25, 0.3) is 0 Å². The summed E-state index contributed by atoms with van der Waals surface area (Å²) in [5, 5.41) is 25.5. The van der Waals surface area contributed by atoms with Gasteiger partial charge in [0.25, 0.3) is 0 Å². The molecule has 0 aliphatic carbocycles. The molecule has 9 nitrogen and oxygen atoms in total. The van der Waals surface area contributed by atoms with Crippen molar-refractivity contribution in [2.45, 2.75) is 78.7 Å². The molecule has 1 aromatic rings. The molecule has 1 aromatic carbocycles. The average molecular weight is 574 g/mol. The molecule has 0 saturated carbocycles. The lowest BCUT2D eigenvalue weighted by molar-refractivity contribution is -0.192. The van der Waals surface area contributed by atoms with Crippen LogP contribution in [-0.4, -0.2) is 71.7 Å². The van der Waals surface area contributed by atoms with Gasteiger partial charge in [0.05, 0.1) is 18.6 Å². The largest absolute Gasteiger partial charge is 0.490 e. The van der Waals surface area contributed by atoms with Gasteiger partial charge in [0.15, 0.2) is 5.78 Å². The summed E-state index contributed by atoms with van der Waals surface area (Å²) in [4.78, 5) is 46.5. The Morgan fingerprint density at radius 1 is 0.975 bits per heavy atom. The second-order valence-electron chi connectivity index (χ2n) is 10.8. The number of alkyl halides is 3. The summed E-state index contributed by atoms with van der Waals surface area (Å²) in [7, 11) is 1.74. The highest BCUT2D eigenvalue weighted by molar-refractivity contribution is 5.93. The second-order valence-corrected chi connectivity index (χ2v) is 10.8. The van der Waals surface area contributed by atoms with Crippen LogP contribution in [0.1, 0.15) is 59.9 Å². The number of aliphatic carboxylic acids is 2. The predicted octanol–water partition coefficient (Wildman–Crippen LogP) is 3.76. The molecule has 1 rings (SSSR count). The number of carboxylic acid groups (broad SMARTS) is 2. The smallest absolute Gasteiger partial charge is 0.478 e. The van der Waals surface area contributed by atoms with Gasteiger partial charge < -0.3 is 26.2 Å². The van der Waals surface area contributed by atoms with E-state index in [9.17, 15) is 32.7 Å². The molecule has 0 aromatic heterocycles. The van der Waals surface area contributed by atoms with Crippen molar-refractivity contribution in [1.29, 1.82) is 0 Å². The Labute approximate surface area is 233 Å². The molecule has 0 bridgehead atoms. The van der Waals surface area contributed by atoms with E-state index in [4.69, 9.17) is 9.90 Å². The standard InChI is InChI=1S/C26H41N3O4.C2HF3O2/c1-16(2)20(14-17(3)25(32)33)28-15-21(30)23(26(5,6)7)29-24(31)22(27-8)18(4)19-12-10-9-11-13-19;3-2(4,5)1(6)7/h9-14,16,18,20,22-23,27-28H,15H2,1-8H3,(H,29,31)(H,32,33);(H,6,7)/b17-14+;. The highest BCUT2D eigenvalue weighted by Gasteiger charge is 2.38. The minimum Gasteiger partial charge on any atom is -0.478 e. The van der Waals surface area contributed by atoms with Gasteiger partial charge in [0, 0.05) is 17.5 Å². The summed E-state index contributed by atoms with van der Waals surface area (Å²) in [5.41, 5.74) is 0.761. The number of carbonyl (C=O) groups excluding carboxylic acids is 2. The number of carbonyl (C=O) groups is 4. The number of carboxylic acids is 2. The van der Waals surface area contributed by atoms with Crippen LogP contribution in [0.2, 0.25) is 0 Å². The van der Waals surface area contributed by atoms with Gasteiger partial charge in [-0.3, -0.25) is 9.59 Å². The van der Waals surface area contributed by atoms with Crippen molar-refractivity contribution in [2.24, 2.45) is 11.3 Å². The van der Waals surface area contributed by atoms with Crippen LogP contribution in [0.5, 0.6) is 0 Å². The third-order valence-electron chi connectivity index (χ3n) is 6.13. The molecule has 0 spiro atoms. The zero-order chi connectivity index (χ0) is 31.4. The van der Waals surface area contributed by atoms with Gasteiger partial charge in [-0.25, -0.2) is 9.59 Å². The van der Waals surface area contributed by atoms with Gasteiger partial charge in [0.1, 0.15) is 0 Å². The Hall–Kier alpha value is -3.25. The molecule has 0 heterocycles. The van der Waals surface area contributed by atoms with Crippen LogP contribution in [0.15, 0.2) is 42.0 Å². The first-order chi connectivity index (χ1) is 18.2. The summed E-state index contributed by atoms with van der Waals surface area (Å²) < 4.78 is 31.7. The number of likely N-dealkylation sites (N-methyl/N-ethyl adjacent to an activating group) is 1. The van der Waals surface area contributed by atoms with E-state index in [-0.39, 0.29) is 41.7 Å². The van der Waals surface area contributed by atoms with E-state index in [0.29, 0.717) is 0 Å². The van der Waals surface area contributed by atoms with E-state index < -0.39 is 35.6 Å². The van der Waals surface area contributed by atoms with Gasteiger partial charge in [-0.15, -0.1) is 0 Å². The van der Waals surface area contributed by atoms with E-state index in [1.54, 1.807) is 13.1 Å². The summed E-state index contributed by atoms with van der Waals surface area (Å²) in [6.07, 6.45) is -3.45. The van der Waals surface area contributed by atoms with E-state index in [1.807, 2.05) is 71.9 Å². The number of hydrogen-bond acceptors (Lipinski definition) is 6. The summed E-state index contributed by atoms with van der Waals surface area (Å²) in [6.45, 7) is 13.2. The molecule has 4 unspecified atom stereocenters. The lowest BCUT2D eigenvalue weighted by atomic mass is 9.83. The van der Waals surface area contributed by atoms with Gasteiger partial charge >= 0.3 is 18.1 Å². The first-order valence-electron chi connectivity index (χ1n) is 12.7. The molecular weight excluding hydrogens is 531 g/mol. The number of hydrogen-bond donors (Lipinski definition) is 5. The van der Waals surface area contributed by atoms with Crippen molar-refractivity contribution < 1.29 is 42.6 Å². The Morgan fingerprint density at radius 2 is 1.48 bits per heavy atom. The average Bonchev–Trinajstić information content (AvgIpc) is 2.84. The predicted molar refractivity (Wildman–Crippen MR) is 146 cm³/mol. The fraction of sp³-hybridized carbons (Fsp3) is 0.571. The molecule has 226 valence electrons. The number of halogens is 3. The lowest BCUT2D eigenvalue weighted by Crippen LogP contribution is -2.57. The van der Waals surface area contributed by atoms with Crippen molar-refractivity contribution in [3.8, 4) is 0 Å². The molecular formula is C28H42F3N3O6. The van der Waals surface area contributed by atoms with Crippen molar-refractivity contribution in [1.82, 2.24) is 16.0 Å². The number of Topliss-reactive ketones (excluding diaryl/α,β-unsaturated/α-hetero) is 1. The van der Waals surface area contributed by atoms with E-state index in [1.165, 1.54) is 6.92 Å². The minimum atomic E-state index is -5.08. The first-order valence-corrected chi connectivity index (χ1v) is 12.7. The molecule has 12 heteroatoms. The lowest BCUT2D eigenvalue weighted by Gasteiger charge is -2.33. The maximum atomic E-state index is 13.2. The fourth-order valence-electron chi connectivity index (χ4n) is 3.72. The van der Waals surface area contributed by atoms with Crippen molar-refractivity contribution in [3.05, 3.63) is 47.5 Å². The van der Waals surface area contributed by atoms with E-state index in [2.05, 4.69) is 16.0 Å². The third-order valence-corrected chi connectivity index (χ3v) is 6.13. The molecule has 5 N–H and O–H groups in total. The molecule has 4 atom stereocenters. The molecule has 0 saturated heterocycles. The zero-order valence-electron chi connectivity index (χ0n) is 24.2. The Morgan fingerprint density at radius 3 is 1.85 bits per heavy atom. The Bertz CT molecular complexity index is 1020. The number of amides is 1. The SMILES string of the molecule is CNC(C(=O)NC(C(=O)CNC(/C=C(\C)C(=O)O)C(C)C)C(C)(C)C)C(C)c1ccccc1.O=C(O)C(F)(F)F. The van der Waals surface area contributed by atoms with Crippen LogP contribution < -0.4 is 16.0 Å². The van der Waals surface area contributed by atoms with Crippen LogP contribution in [-0.2, 0) is 19.2 Å². The summed E-state index contributed by atoms with van der Waals surface area (Å²) in [6, 6.07) is 8.31. The zero-order valence-corrected chi connectivity index (χ0v) is 24.2. The first kappa shape index (κ1) is 36.8. The quantitative estimate of drug-likeness (QED) is 0.238. The maximum absolute atomic E-state index is 13.2. The fourth-order valence-corrected chi connectivity index (χ4v) is 3.72. The van der Waals surface area contributed by atoms with Crippen LogP contribution in [0.4, 0.5) is 13.2 Å². The van der Waals surface area contributed by atoms with Gasteiger partial charge in [-0.2, -0.15) is 13.2 Å². The normalized spacial score (nSPS) is 15.2. The van der Waals surface area contributed by atoms with Crippen molar-refractivity contribution >= 4 is 23.6 Å². The van der Waals surface area contributed by atoms with E-state index in [0.717, 1.165) is 5.56 Å². The Kier molecular flexibility index (Phi) is 14.8. The third kappa shape index (κ3) is 12.7. The minimum absolute atomic E-state index is 0.0208. The maximum Gasteiger partial charge on any atom is 0.490 e. The highest BCUT2D eigenvalue weighted by Crippen LogP contribution is 2.23. The number of rotatable bonds is 12. The number of ketones is 1. The molecule has 40 heavy (non-hydrogen) atoms. The topological polar surface area (TPSA) is 145 Å². The number of benzene rings is 1. The van der Waals surface area contributed by atoms with E-state index >= 15 is 0 Å². The highest BCUT2D eigenvalue weighted by atomic mass is 19.4. The summed E-state index contributed by atoms with van der Waals surface area (Å²) in [5.74, 6) is -4.12. The molecule has 1 amide bonds. The van der Waals surface area contributed by atoms with Crippen LogP contribution in [0, 0.1) is 11.3 Å². The summed E-state index contributed by atoms with van der Waals surface area (Å²) >= 11 is 0. The van der Waals surface area contributed by atoms with Crippen molar-refractivity contribution in [3.63, 3.8) is 0 Å². The molecule has 0 aliphatic heterocycles. The van der Waals surface area contributed by atoms with Crippen molar-refractivity contribution in [2.75, 3.05) is 13.6 Å². The van der Waals surface area contributed by atoms with Gasteiger partial charge in [-0.05, 0) is 30.9 Å². The van der Waals surface area contributed by atoms with Crippen LogP contribution in [0.3, 0.4) is 0 Å².